The summed E-state index contributed by atoms with van der Waals surface area (Å²) in [7, 11) is 0. The summed E-state index contributed by atoms with van der Waals surface area (Å²) in [5, 5.41) is 16.2. The van der Waals surface area contributed by atoms with Gasteiger partial charge in [-0.1, -0.05) is 114 Å². The number of aliphatic hydroxyl groups is 1. The van der Waals surface area contributed by atoms with Gasteiger partial charge in [0.25, 0.3) is 0 Å². The number of benzene rings is 2. The summed E-state index contributed by atoms with van der Waals surface area (Å²) in [6.07, 6.45) is 7.84. The fraction of sp³-hybridized carbons (Fsp3) is 0.556. The van der Waals surface area contributed by atoms with Crippen molar-refractivity contribution in [3.63, 3.8) is 0 Å². The van der Waals surface area contributed by atoms with Gasteiger partial charge in [-0.05, 0) is 24.0 Å². The minimum absolute atomic E-state index is 0.158. The van der Waals surface area contributed by atoms with Crippen LogP contribution in [0.25, 0.3) is 0 Å². The predicted molar refractivity (Wildman–Crippen MR) is 123 cm³/mol. The summed E-state index contributed by atoms with van der Waals surface area (Å²) in [6, 6.07) is 21.8. The third kappa shape index (κ3) is 4.92. The van der Waals surface area contributed by atoms with Gasteiger partial charge in [0, 0.05) is 23.9 Å². The standard InChI is InChI=1S/C27H39NO/c1-4-6-7-14-20-27(29)21(3)25(22-16-10-8-11-17-22)28-26(24(27)15-5-2)23-18-12-9-13-19-23/h8-13,16-19,21,24-26,28-29H,4-7,14-15,20H2,1-3H3/t21-,24+,25-,26-,27+/m1/s1. The van der Waals surface area contributed by atoms with Crippen LogP contribution >= 0.6 is 0 Å². The Morgan fingerprint density at radius 1 is 0.793 bits per heavy atom. The van der Waals surface area contributed by atoms with Crippen LogP contribution < -0.4 is 5.32 Å². The van der Waals surface area contributed by atoms with E-state index in [1.165, 1.54) is 30.4 Å². The number of hydrogen-bond acceptors (Lipinski definition) is 2. The molecule has 5 atom stereocenters. The Balaban J connectivity index is 1.98. The molecule has 1 heterocycles. The molecule has 0 aromatic heterocycles. The number of rotatable bonds is 9. The molecule has 29 heavy (non-hydrogen) atoms. The van der Waals surface area contributed by atoms with Crippen LogP contribution in [-0.2, 0) is 0 Å². The van der Waals surface area contributed by atoms with Crippen molar-refractivity contribution in [2.45, 2.75) is 83.4 Å². The van der Waals surface area contributed by atoms with Crippen LogP contribution in [-0.4, -0.2) is 10.7 Å². The first-order valence-corrected chi connectivity index (χ1v) is 11.7. The van der Waals surface area contributed by atoms with Crippen molar-refractivity contribution in [2.75, 3.05) is 0 Å². The van der Waals surface area contributed by atoms with Crippen LogP contribution in [0.5, 0.6) is 0 Å². The van der Waals surface area contributed by atoms with E-state index in [0.29, 0.717) is 0 Å². The van der Waals surface area contributed by atoms with Gasteiger partial charge >= 0.3 is 0 Å². The molecule has 158 valence electrons. The van der Waals surface area contributed by atoms with Crippen molar-refractivity contribution in [3.8, 4) is 0 Å². The summed E-state index contributed by atoms with van der Waals surface area (Å²) in [5.41, 5.74) is 1.92. The van der Waals surface area contributed by atoms with Gasteiger partial charge in [-0.25, -0.2) is 0 Å². The van der Waals surface area contributed by atoms with Gasteiger partial charge in [-0.2, -0.15) is 0 Å². The van der Waals surface area contributed by atoms with Gasteiger partial charge in [-0.3, -0.25) is 0 Å². The van der Waals surface area contributed by atoms with E-state index in [4.69, 9.17) is 0 Å². The van der Waals surface area contributed by atoms with Gasteiger partial charge < -0.3 is 10.4 Å². The fourth-order valence-electron chi connectivity index (χ4n) is 5.38. The van der Waals surface area contributed by atoms with Crippen molar-refractivity contribution in [1.29, 1.82) is 0 Å². The molecule has 0 saturated carbocycles. The summed E-state index contributed by atoms with van der Waals surface area (Å²) in [6.45, 7) is 6.75. The maximum atomic E-state index is 12.3. The van der Waals surface area contributed by atoms with Gasteiger partial charge in [0.1, 0.15) is 0 Å². The van der Waals surface area contributed by atoms with Crippen LogP contribution in [0.1, 0.15) is 88.9 Å². The molecule has 0 radical (unpaired) electrons. The highest BCUT2D eigenvalue weighted by Crippen LogP contribution is 2.50. The molecule has 2 N–H and O–H groups in total. The Kier molecular flexibility index (Phi) is 7.91. The molecule has 2 nitrogen and oxygen atoms in total. The van der Waals surface area contributed by atoms with Crippen molar-refractivity contribution in [1.82, 2.24) is 5.32 Å². The Hall–Kier alpha value is -1.64. The summed E-state index contributed by atoms with van der Waals surface area (Å²) < 4.78 is 0. The zero-order valence-electron chi connectivity index (χ0n) is 18.5. The SMILES string of the molecule is CCCCCC[C@]1(O)[C@H](C)[C@H](c2ccccc2)N[C@H](c2ccccc2)[C@@H]1CCC. The third-order valence-electron chi connectivity index (χ3n) is 7.04. The van der Waals surface area contributed by atoms with Crippen LogP contribution in [0.4, 0.5) is 0 Å². The monoisotopic (exact) mass is 393 g/mol. The fourth-order valence-corrected chi connectivity index (χ4v) is 5.38. The Bertz CT molecular complexity index is 716. The molecular formula is C27H39NO. The summed E-state index contributed by atoms with van der Waals surface area (Å²) in [5.74, 6) is 0.398. The van der Waals surface area contributed by atoms with E-state index in [1.54, 1.807) is 0 Å². The molecule has 1 aliphatic rings. The van der Waals surface area contributed by atoms with Crippen molar-refractivity contribution >= 4 is 0 Å². The lowest BCUT2D eigenvalue weighted by Gasteiger charge is -2.53. The van der Waals surface area contributed by atoms with E-state index in [2.05, 4.69) is 86.8 Å². The molecule has 1 aliphatic heterocycles. The number of piperidine rings is 1. The smallest absolute Gasteiger partial charge is 0.0737 e. The second kappa shape index (κ2) is 10.4. The number of nitrogens with one attached hydrogen (secondary N) is 1. The second-order valence-corrected chi connectivity index (χ2v) is 8.93. The molecule has 2 aromatic carbocycles. The largest absolute Gasteiger partial charge is 0.389 e. The molecule has 0 bridgehead atoms. The normalized spacial score (nSPS) is 29.7. The molecule has 1 fully saturated rings. The molecule has 0 unspecified atom stereocenters. The zero-order valence-corrected chi connectivity index (χ0v) is 18.5. The first-order valence-electron chi connectivity index (χ1n) is 11.7. The lowest BCUT2D eigenvalue weighted by atomic mass is 9.62. The van der Waals surface area contributed by atoms with E-state index in [1.807, 2.05) is 0 Å². The molecule has 2 heteroatoms. The molecule has 2 aromatic rings. The van der Waals surface area contributed by atoms with E-state index in [9.17, 15) is 5.11 Å². The van der Waals surface area contributed by atoms with E-state index in [-0.39, 0.29) is 23.9 Å². The highest BCUT2D eigenvalue weighted by Gasteiger charge is 2.52. The molecule has 1 saturated heterocycles. The van der Waals surface area contributed by atoms with E-state index >= 15 is 0 Å². The molecule has 3 rings (SSSR count). The van der Waals surface area contributed by atoms with Crippen molar-refractivity contribution in [2.24, 2.45) is 11.8 Å². The predicted octanol–water partition coefficient (Wildman–Crippen LogP) is 6.83. The Morgan fingerprint density at radius 3 is 1.93 bits per heavy atom. The van der Waals surface area contributed by atoms with Gasteiger partial charge in [0.15, 0.2) is 0 Å². The lowest BCUT2D eigenvalue weighted by molar-refractivity contribution is -0.126. The molecule has 0 spiro atoms. The van der Waals surface area contributed by atoms with Crippen LogP contribution in [0, 0.1) is 11.8 Å². The number of hydrogen-bond donors (Lipinski definition) is 2. The maximum absolute atomic E-state index is 12.3. The molecule has 0 amide bonds. The van der Waals surface area contributed by atoms with E-state index < -0.39 is 5.60 Å². The zero-order chi connectivity index (χ0) is 20.7. The quantitative estimate of drug-likeness (QED) is 0.458. The molecular weight excluding hydrogens is 354 g/mol. The summed E-state index contributed by atoms with van der Waals surface area (Å²) >= 11 is 0. The molecule has 0 aliphatic carbocycles. The van der Waals surface area contributed by atoms with Crippen molar-refractivity contribution < 1.29 is 5.11 Å². The summed E-state index contributed by atoms with van der Waals surface area (Å²) in [4.78, 5) is 0. The first kappa shape index (κ1) is 22.1. The number of unbranched alkanes of at least 4 members (excludes halogenated alkanes) is 3. The Labute approximate surface area is 177 Å². The average molecular weight is 394 g/mol. The third-order valence-corrected chi connectivity index (χ3v) is 7.04. The highest BCUT2D eigenvalue weighted by atomic mass is 16.3. The minimum atomic E-state index is -0.657. The van der Waals surface area contributed by atoms with Crippen LogP contribution in [0.2, 0.25) is 0 Å². The van der Waals surface area contributed by atoms with Gasteiger partial charge in [0.2, 0.25) is 0 Å². The Morgan fingerprint density at radius 2 is 1.38 bits per heavy atom. The van der Waals surface area contributed by atoms with Gasteiger partial charge in [-0.15, -0.1) is 0 Å². The van der Waals surface area contributed by atoms with Gasteiger partial charge in [0.05, 0.1) is 5.60 Å². The average Bonchev–Trinajstić information content (AvgIpc) is 2.76. The first-order chi connectivity index (χ1) is 14.1. The van der Waals surface area contributed by atoms with Crippen LogP contribution in [0.15, 0.2) is 60.7 Å². The van der Waals surface area contributed by atoms with E-state index in [0.717, 1.165) is 25.7 Å². The minimum Gasteiger partial charge on any atom is -0.389 e. The highest BCUT2D eigenvalue weighted by molar-refractivity contribution is 5.28. The lowest BCUT2D eigenvalue weighted by Crippen LogP contribution is -2.58. The van der Waals surface area contributed by atoms with Crippen molar-refractivity contribution in [3.05, 3.63) is 71.8 Å². The maximum Gasteiger partial charge on any atom is 0.0737 e. The van der Waals surface area contributed by atoms with Crippen LogP contribution in [0.3, 0.4) is 0 Å². The second-order valence-electron chi connectivity index (χ2n) is 8.93. The topological polar surface area (TPSA) is 32.3 Å².